The highest BCUT2D eigenvalue weighted by Crippen LogP contribution is 2.44. The summed E-state index contributed by atoms with van der Waals surface area (Å²) in [6.07, 6.45) is 0. The van der Waals surface area contributed by atoms with Gasteiger partial charge in [0.1, 0.15) is 0 Å². The van der Waals surface area contributed by atoms with E-state index in [0.717, 1.165) is 10.4 Å². The van der Waals surface area contributed by atoms with Gasteiger partial charge in [0.15, 0.2) is 0 Å². The quantitative estimate of drug-likeness (QED) is 0.550. The van der Waals surface area contributed by atoms with E-state index in [4.69, 9.17) is 0 Å². The Morgan fingerprint density at radius 1 is 0.667 bits per heavy atom. The Balaban J connectivity index is 2.90. The molecule has 0 saturated heterocycles. The first-order valence-electron chi connectivity index (χ1n) is 8.48. The normalized spacial score (nSPS) is 13.8. The van der Waals surface area contributed by atoms with Gasteiger partial charge < -0.3 is 4.80 Å². The average molecular weight is 438 g/mol. The molecule has 1 nitrogen and oxygen atoms in total. The van der Waals surface area contributed by atoms with Gasteiger partial charge in [-0.2, -0.15) is 0 Å². The minimum Gasteiger partial charge on any atom is -0.423 e. The van der Waals surface area contributed by atoms with Crippen LogP contribution in [0.3, 0.4) is 0 Å². The van der Waals surface area contributed by atoms with E-state index in [0.29, 0.717) is 0 Å². The van der Waals surface area contributed by atoms with Crippen molar-refractivity contribution in [3.8, 4) is 0 Å². The molecular formula is C19H29BrOSi3. The van der Waals surface area contributed by atoms with Crippen molar-refractivity contribution in [3.63, 3.8) is 0 Å². The second-order valence-electron chi connectivity index (χ2n) is 8.60. The molecule has 0 amide bonds. The van der Waals surface area contributed by atoms with Gasteiger partial charge in [0.05, 0.1) is 16.1 Å². The smallest absolute Gasteiger partial charge is 0.263 e. The first-order chi connectivity index (χ1) is 11.0. The number of hydrogen-bond donors (Lipinski definition) is 1. The molecule has 0 atom stereocenters. The third-order valence-corrected chi connectivity index (χ3v) is 32.4. The van der Waals surface area contributed by atoms with Crippen molar-refractivity contribution in [2.24, 2.45) is 0 Å². The van der Waals surface area contributed by atoms with Crippen molar-refractivity contribution in [2.45, 2.75) is 42.5 Å². The molecule has 0 fully saturated rings. The Bertz CT molecular complexity index is 622. The molecule has 2 rings (SSSR count). The lowest BCUT2D eigenvalue weighted by Crippen LogP contribution is -2.85. The van der Waals surface area contributed by atoms with Crippen molar-refractivity contribution in [2.75, 3.05) is 0 Å². The van der Waals surface area contributed by atoms with Gasteiger partial charge in [0.2, 0.25) is 0 Å². The van der Waals surface area contributed by atoms with Crippen LogP contribution in [-0.4, -0.2) is 32.5 Å². The summed E-state index contributed by atoms with van der Waals surface area (Å²) in [7, 11) is -6.50. The maximum atomic E-state index is 12.5. The van der Waals surface area contributed by atoms with Crippen LogP contribution in [0.5, 0.6) is 0 Å². The van der Waals surface area contributed by atoms with Gasteiger partial charge in [-0.1, -0.05) is 116 Å². The summed E-state index contributed by atoms with van der Waals surface area (Å²) < 4.78 is -0.178. The first-order valence-corrected chi connectivity index (χ1v) is 18.2. The maximum absolute atomic E-state index is 12.5. The Kier molecular flexibility index (Phi) is 5.53. The van der Waals surface area contributed by atoms with E-state index in [2.05, 4.69) is 104 Å². The summed E-state index contributed by atoms with van der Waals surface area (Å²) in [6, 6.07) is 20.8. The van der Waals surface area contributed by atoms with Crippen LogP contribution in [0.1, 0.15) is 0 Å². The molecular weight excluding hydrogens is 408 g/mol. The van der Waals surface area contributed by atoms with Crippen LogP contribution in [0.2, 0.25) is 39.3 Å². The van der Waals surface area contributed by atoms with Gasteiger partial charge in [-0.15, -0.1) is 0 Å². The zero-order chi connectivity index (χ0) is 18.2. The molecule has 0 heterocycles. The molecule has 130 valence electrons. The molecule has 0 radical (unpaired) electrons. The van der Waals surface area contributed by atoms with Crippen LogP contribution in [-0.2, 0) is 0 Å². The number of hydrogen-bond acceptors (Lipinski definition) is 1. The number of benzene rings is 2. The minimum absolute atomic E-state index is 0.178. The minimum atomic E-state index is -2.99. The Morgan fingerprint density at radius 2 is 0.958 bits per heavy atom. The van der Waals surface area contributed by atoms with Crippen LogP contribution in [0.4, 0.5) is 0 Å². The third-order valence-electron chi connectivity index (χ3n) is 4.95. The third kappa shape index (κ3) is 3.05. The summed E-state index contributed by atoms with van der Waals surface area (Å²) in [4.78, 5) is 12.5. The van der Waals surface area contributed by atoms with Gasteiger partial charge in [0, 0.05) is 3.19 Å². The fraction of sp³-hybridized carbons (Fsp3) is 0.368. The van der Waals surface area contributed by atoms with Gasteiger partial charge in [0.25, 0.3) is 8.32 Å². The van der Waals surface area contributed by atoms with Gasteiger partial charge >= 0.3 is 0 Å². The van der Waals surface area contributed by atoms with Crippen LogP contribution < -0.4 is 10.4 Å². The second kappa shape index (κ2) is 6.68. The highest BCUT2D eigenvalue weighted by Gasteiger charge is 2.66. The van der Waals surface area contributed by atoms with E-state index in [9.17, 15) is 4.80 Å². The summed E-state index contributed by atoms with van der Waals surface area (Å²) in [5, 5.41) is 2.22. The molecule has 2 aromatic carbocycles. The maximum Gasteiger partial charge on any atom is 0.263 e. The average Bonchev–Trinajstić information content (AvgIpc) is 2.53. The number of alkyl halides is 1. The van der Waals surface area contributed by atoms with Crippen molar-refractivity contribution in [1.29, 1.82) is 0 Å². The Morgan fingerprint density at radius 3 is 1.21 bits per heavy atom. The van der Waals surface area contributed by atoms with Crippen LogP contribution in [0.15, 0.2) is 60.7 Å². The van der Waals surface area contributed by atoms with Crippen molar-refractivity contribution < 1.29 is 4.80 Å². The fourth-order valence-corrected chi connectivity index (χ4v) is 27.4. The lowest BCUT2D eigenvalue weighted by molar-refractivity contribution is 0.565. The van der Waals surface area contributed by atoms with E-state index in [1.54, 1.807) is 0 Å². The molecule has 0 unspecified atom stereocenters. The molecule has 0 spiro atoms. The van der Waals surface area contributed by atoms with Crippen molar-refractivity contribution in [1.82, 2.24) is 0 Å². The Hall–Kier alpha value is -0.469. The monoisotopic (exact) mass is 436 g/mol. The van der Waals surface area contributed by atoms with Crippen LogP contribution in [0, 0.1) is 0 Å². The molecule has 0 aromatic heterocycles. The first kappa shape index (κ1) is 19.9. The van der Waals surface area contributed by atoms with E-state index >= 15 is 0 Å². The van der Waals surface area contributed by atoms with Crippen molar-refractivity contribution >= 4 is 50.8 Å². The summed E-state index contributed by atoms with van der Waals surface area (Å²) >= 11 is 4.26. The number of rotatable bonds is 5. The SMILES string of the molecule is C[Si](C)(C)C(Br)([Si](C)(C)C)[Si](O)(c1ccccc1)c1ccccc1. The highest BCUT2D eigenvalue weighted by molar-refractivity contribution is 9.12. The van der Waals surface area contributed by atoms with Crippen molar-refractivity contribution in [3.05, 3.63) is 60.7 Å². The highest BCUT2D eigenvalue weighted by atomic mass is 79.9. The molecule has 1 N–H and O–H groups in total. The lowest BCUT2D eigenvalue weighted by atomic mass is 10.4. The molecule has 0 saturated carbocycles. The molecule has 0 aliphatic carbocycles. The summed E-state index contributed by atoms with van der Waals surface area (Å²) in [6.45, 7) is 14.4. The topological polar surface area (TPSA) is 20.2 Å². The standard InChI is InChI=1S/C19H29BrOSi3/c1-22(2,3)19(20,23(4,5)6)24(21,17-13-9-7-10-14-17)18-15-11-8-12-16-18/h7-16,21H,1-6H3. The zero-order valence-corrected chi connectivity index (χ0v) is 20.2. The molecule has 24 heavy (non-hydrogen) atoms. The summed E-state index contributed by atoms with van der Waals surface area (Å²) in [5.74, 6) is 0. The van der Waals surface area contributed by atoms with E-state index < -0.39 is 24.5 Å². The molecule has 0 aliphatic heterocycles. The van der Waals surface area contributed by atoms with Crippen LogP contribution >= 0.6 is 15.9 Å². The van der Waals surface area contributed by atoms with Crippen LogP contribution in [0.25, 0.3) is 0 Å². The second-order valence-corrected chi connectivity index (χ2v) is 27.3. The fourth-order valence-electron chi connectivity index (χ4n) is 4.13. The molecule has 0 aliphatic rings. The van der Waals surface area contributed by atoms with E-state index in [-0.39, 0.29) is 3.19 Å². The predicted octanol–water partition coefficient (Wildman–Crippen LogP) is 4.17. The zero-order valence-electron chi connectivity index (χ0n) is 15.6. The molecule has 5 heteroatoms. The van der Waals surface area contributed by atoms with E-state index in [1.165, 1.54) is 0 Å². The summed E-state index contributed by atoms with van der Waals surface area (Å²) in [5.41, 5.74) is 0. The lowest BCUT2D eigenvalue weighted by Gasteiger charge is -2.55. The largest absolute Gasteiger partial charge is 0.423 e. The Labute approximate surface area is 158 Å². The molecule has 0 bridgehead atoms. The molecule has 2 aromatic rings. The van der Waals surface area contributed by atoms with Gasteiger partial charge in [-0.3, -0.25) is 0 Å². The number of halogens is 1. The predicted molar refractivity (Wildman–Crippen MR) is 118 cm³/mol. The van der Waals surface area contributed by atoms with E-state index in [1.807, 2.05) is 12.1 Å². The van der Waals surface area contributed by atoms with Gasteiger partial charge in [-0.05, 0) is 10.4 Å². The van der Waals surface area contributed by atoms with Gasteiger partial charge in [-0.25, -0.2) is 0 Å².